The Morgan fingerprint density at radius 1 is 1.09 bits per heavy atom. The fraction of sp³-hybridized carbons (Fsp3) is 0.333. The number of nitrogens with two attached hydrogens (primary N) is 1. The van der Waals surface area contributed by atoms with E-state index in [4.69, 9.17) is 15.2 Å². The third kappa shape index (κ3) is 2.92. The average Bonchev–Trinajstić information content (AvgIpc) is 2.53. The fourth-order valence-electron chi connectivity index (χ4n) is 2.79. The van der Waals surface area contributed by atoms with Crippen molar-refractivity contribution in [2.75, 3.05) is 18.9 Å². The summed E-state index contributed by atoms with van der Waals surface area (Å²) in [6.45, 7) is 2.96. The van der Waals surface area contributed by atoms with Crippen LogP contribution in [0.3, 0.4) is 0 Å². The van der Waals surface area contributed by atoms with Gasteiger partial charge in [-0.3, -0.25) is 0 Å². The van der Waals surface area contributed by atoms with Crippen molar-refractivity contribution in [3.63, 3.8) is 0 Å². The molecular weight excluding hydrogens is 281 g/mol. The van der Waals surface area contributed by atoms with Gasteiger partial charge in [-0.2, -0.15) is 0 Å². The van der Waals surface area contributed by atoms with Gasteiger partial charge in [0.05, 0.1) is 13.2 Å². The van der Waals surface area contributed by atoms with Crippen LogP contribution in [-0.2, 0) is 10.3 Å². The van der Waals surface area contributed by atoms with E-state index in [1.165, 1.54) is 0 Å². The van der Waals surface area contributed by atoms with Gasteiger partial charge >= 0.3 is 0 Å². The zero-order valence-corrected chi connectivity index (χ0v) is 12.6. The van der Waals surface area contributed by atoms with Crippen molar-refractivity contribution in [2.24, 2.45) is 0 Å². The lowest BCUT2D eigenvalue weighted by Gasteiger charge is -2.38. The summed E-state index contributed by atoms with van der Waals surface area (Å²) >= 11 is 0. The van der Waals surface area contributed by atoms with Gasteiger partial charge in [-0.05, 0) is 48.4 Å². The lowest BCUT2D eigenvalue weighted by Crippen LogP contribution is -2.39. The maximum absolute atomic E-state index is 14.0. The Hall–Kier alpha value is -2.07. The zero-order valence-electron chi connectivity index (χ0n) is 12.6. The highest BCUT2D eigenvalue weighted by Gasteiger charge is 2.37. The molecule has 4 heteroatoms. The largest absolute Gasteiger partial charge is 0.482 e. The quantitative estimate of drug-likeness (QED) is 0.877. The third-order valence-electron chi connectivity index (χ3n) is 4.19. The van der Waals surface area contributed by atoms with E-state index in [9.17, 15) is 4.39 Å². The predicted molar refractivity (Wildman–Crippen MR) is 84.4 cm³/mol. The van der Waals surface area contributed by atoms with E-state index in [0.717, 1.165) is 11.3 Å². The standard InChI is InChI=1S/C18H20FNO2/c1-13-2-3-14(12-17(13)19)18(8-10-21-11-9-18)22-16-6-4-15(20)5-7-16/h2-7,12H,8-11,20H2,1H3. The number of aryl methyl sites for hydroxylation is 1. The van der Waals surface area contributed by atoms with Crippen LogP contribution < -0.4 is 10.5 Å². The van der Waals surface area contributed by atoms with Crippen molar-refractivity contribution in [2.45, 2.75) is 25.4 Å². The van der Waals surface area contributed by atoms with Gasteiger partial charge in [0.25, 0.3) is 0 Å². The highest BCUT2D eigenvalue weighted by Crippen LogP contribution is 2.38. The van der Waals surface area contributed by atoms with Crippen LogP contribution in [0.1, 0.15) is 24.0 Å². The summed E-state index contributed by atoms with van der Waals surface area (Å²) in [5.41, 5.74) is 7.35. The predicted octanol–water partition coefficient (Wildman–Crippen LogP) is 3.80. The molecule has 1 aliphatic rings. The second-order valence-electron chi connectivity index (χ2n) is 5.74. The molecule has 1 saturated heterocycles. The topological polar surface area (TPSA) is 44.5 Å². The number of hydrogen-bond donors (Lipinski definition) is 1. The molecule has 0 saturated carbocycles. The van der Waals surface area contributed by atoms with Crippen LogP contribution in [-0.4, -0.2) is 13.2 Å². The molecule has 0 aliphatic carbocycles. The molecule has 0 bridgehead atoms. The Morgan fingerprint density at radius 3 is 2.41 bits per heavy atom. The second-order valence-corrected chi connectivity index (χ2v) is 5.74. The fourth-order valence-corrected chi connectivity index (χ4v) is 2.79. The van der Waals surface area contributed by atoms with Gasteiger partial charge in [-0.25, -0.2) is 4.39 Å². The smallest absolute Gasteiger partial charge is 0.138 e. The van der Waals surface area contributed by atoms with E-state index < -0.39 is 5.60 Å². The van der Waals surface area contributed by atoms with E-state index in [-0.39, 0.29) is 5.82 Å². The first-order chi connectivity index (χ1) is 10.6. The molecule has 1 heterocycles. The van der Waals surface area contributed by atoms with Gasteiger partial charge in [0.1, 0.15) is 17.2 Å². The van der Waals surface area contributed by atoms with E-state index in [2.05, 4.69) is 0 Å². The number of ether oxygens (including phenoxy) is 2. The lowest BCUT2D eigenvalue weighted by molar-refractivity contribution is -0.0502. The van der Waals surface area contributed by atoms with Crippen LogP contribution in [0.25, 0.3) is 0 Å². The van der Waals surface area contributed by atoms with Crippen LogP contribution >= 0.6 is 0 Å². The van der Waals surface area contributed by atoms with E-state index >= 15 is 0 Å². The van der Waals surface area contributed by atoms with E-state index in [0.29, 0.717) is 37.3 Å². The van der Waals surface area contributed by atoms with Crippen molar-refractivity contribution >= 4 is 5.69 Å². The highest BCUT2D eigenvalue weighted by atomic mass is 19.1. The van der Waals surface area contributed by atoms with Crippen LogP contribution in [0, 0.1) is 12.7 Å². The summed E-state index contributed by atoms with van der Waals surface area (Å²) < 4.78 is 25.7. The number of rotatable bonds is 3. The molecule has 0 radical (unpaired) electrons. The summed E-state index contributed by atoms with van der Waals surface area (Å²) in [7, 11) is 0. The SMILES string of the molecule is Cc1ccc(C2(Oc3ccc(N)cc3)CCOCC2)cc1F. The Balaban J connectivity index is 1.96. The molecule has 0 amide bonds. The molecule has 0 unspecified atom stereocenters. The molecule has 3 nitrogen and oxygen atoms in total. The second kappa shape index (κ2) is 5.97. The molecular formula is C18H20FNO2. The zero-order chi connectivity index (χ0) is 15.6. The summed E-state index contributed by atoms with van der Waals surface area (Å²) in [4.78, 5) is 0. The Morgan fingerprint density at radius 2 is 1.77 bits per heavy atom. The first-order valence-corrected chi connectivity index (χ1v) is 7.48. The Bertz CT molecular complexity index is 649. The molecule has 2 N–H and O–H groups in total. The molecule has 22 heavy (non-hydrogen) atoms. The van der Waals surface area contributed by atoms with Crippen LogP contribution in [0.4, 0.5) is 10.1 Å². The van der Waals surface area contributed by atoms with Crippen molar-refractivity contribution in [1.29, 1.82) is 0 Å². The normalized spacial score (nSPS) is 17.2. The van der Waals surface area contributed by atoms with Crippen molar-refractivity contribution in [3.05, 3.63) is 59.4 Å². The number of nitrogen functional groups attached to an aromatic ring is 1. The molecule has 116 valence electrons. The summed E-state index contributed by atoms with van der Waals surface area (Å²) in [5.74, 6) is 0.529. The number of anilines is 1. The van der Waals surface area contributed by atoms with Crippen LogP contribution in [0.2, 0.25) is 0 Å². The Labute approximate surface area is 129 Å². The monoisotopic (exact) mass is 301 g/mol. The first-order valence-electron chi connectivity index (χ1n) is 7.48. The summed E-state index contributed by atoms with van der Waals surface area (Å²) in [6.07, 6.45) is 1.39. The van der Waals surface area contributed by atoms with Gasteiger partial charge in [0.15, 0.2) is 0 Å². The van der Waals surface area contributed by atoms with Gasteiger partial charge in [0.2, 0.25) is 0 Å². The minimum Gasteiger partial charge on any atom is -0.482 e. The van der Waals surface area contributed by atoms with Crippen molar-refractivity contribution < 1.29 is 13.9 Å². The average molecular weight is 301 g/mol. The molecule has 1 aliphatic heterocycles. The molecule has 2 aromatic rings. The minimum absolute atomic E-state index is 0.204. The van der Waals surface area contributed by atoms with E-state index in [1.807, 2.05) is 18.2 Å². The van der Waals surface area contributed by atoms with Crippen LogP contribution in [0.5, 0.6) is 5.75 Å². The van der Waals surface area contributed by atoms with Gasteiger partial charge < -0.3 is 15.2 Å². The van der Waals surface area contributed by atoms with Crippen LogP contribution in [0.15, 0.2) is 42.5 Å². The summed E-state index contributed by atoms with van der Waals surface area (Å²) in [5, 5.41) is 0. The maximum Gasteiger partial charge on any atom is 0.138 e. The summed E-state index contributed by atoms with van der Waals surface area (Å²) in [6, 6.07) is 12.6. The Kier molecular flexibility index (Phi) is 4.03. The maximum atomic E-state index is 14.0. The van der Waals surface area contributed by atoms with Gasteiger partial charge in [-0.1, -0.05) is 12.1 Å². The highest BCUT2D eigenvalue weighted by molar-refractivity contribution is 5.42. The molecule has 0 aromatic heterocycles. The van der Waals surface area contributed by atoms with E-state index in [1.54, 1.807) is 31.2 Å². The molecule has 3 rings (SSSR count). The molecule has 0 spiro atoms. The molecule has 1 fully saturated rings. The first kappa shape index (κ1) is 14.9. The number of halogens is 1. The molecule has 2 aromatic carbocycles. The van der Waals surface area contributed by atoms with Crippen molar-refractivity contribution in [1.82, 2.24) is 0 Å². The number of benzene rings is 2. The molecule has 0 atom stereocenters. The number of hydrogen-bond acceptors (Lipinski definition) is 3. The minimum atomic E-state index is -0.553. The van der Waals surface area contributed by atoms with Gasteiger partial charge in [0, 0.05) is 18.5 Å². The third-order valence-corrected chi connectivity index (χ3v) is 4.19. The van der Waals surface area contributed by atoms with Gasteiger partial charge in [-0.15, -0.1) is 0 Å². The lowest BCUT2D eigenvalue weighted by atomic mass is 9.85. The van der Waals surface area contributed by atoms with Crippen molar-refractivity contribution in [3.8, 4) is 5.75 Å².